The lowest BCUT2D eigenvalue weighted by Gasteiger charge is -2.05. The molecule has 0 spiro atoms. The molecule has 1 aromatic heterocycles. The average molecular weight is 282 g/mol. The van der Waals surface area contributed by atoms with E-state index in [0.29, 0.717) is 11.1 Å². The van der Waals surface area contributed by atoms with Crippen LogP contribution in [-0.2, 0) is 0 Å². The minimum Gasteiger partial charge on any atom is -0.398 e. The molecule has 1 heterocycles. The first-order valence-corrected chi connectivity index (χ1v) is 6.23. The van der Waals surface area contributed by atoms with Crippen LogP contribution in [0.25, 0.3) is 22.6 Å². The molecular weight excluding hydrogens is 271 g/mol. The molecule has 0 fully saturated rings. The molecule has 21 heavy (non-hydrogen) atoms. The highest BCUT2D eigenvalue weighted by molar-refractivity contribution is 5.71. The van der Waals surface area contributed by atoms with Crippen LogP contribution in [0.5, 0.6) is 0 Å². The molecule has 6 heteroatoms. The van der Waals surface area contributed by atoms with Crippen molar-refractivity contribution in [3.8, 4) is 22.6 Å². The fourth-order valence-electron chi connectivity index (χ4n) is 1.99. The van der Waals surface area contributed by atoms with Crippen molar-refractivity contribution in [2.24, 2.45) is 0 Å². The largest absolute Gasteiger partial charge is 0.398 e. The molecule has 0 aliphatic heterocycles. The Kier molecular flexibility index (Phi) is 3.19. The van der Waals surface area contributed by atoms with Gasteiger partial charge in [-0.3, -0.25) is 4.79 Å². The van der Waals surface area contributed by atoms with Crippen molar-refractivity contribution < 1.29 is 4.39 Å². The summed E-state index contributed by atoms with van der Waals surface area (Å²) in [5, 5.41) is 7.91. The van der Waals surface area contributed by atoms with E-state index in [2.05, 4.69) is 15.2 Å². The van der Waals surface area contributed by atoms with E-state index >= 15 is 0 Å². The predicted molar refractivity (Wildman–Crippen MR) is 77.9 cm³/mol. The third-order valence-electron chi connectivity index (χ3n) is 3.01. The number of hydrogen-bond donors (Lipinski definition) is 2. The lowest BCUT2D eigenvalue weighted by molar-refractivity contribution is 0.628. The zero-order valence-electron chi connectivity index (χ0n) is 10.9. The van der Waals surface area contributed by atoms with E-state index in [4.69, 9.17) is 5.73 Å². The number of benzene rings is 2. The molecule has 0 aliphatic rings. The number of nitrogens with zero attached hydrogens (tertiary/aromatic N) is 2. The molecule has 0 radical (unpaired) electrons. The third kappa shape index (κ3) is 2.51. The Balaban J connectivity index is 2.08. The van der Waals surface area contributed by atoms with E-state index in [-0.39, 0.29) is 22.8 Å². The van der Waals surface area contributed by atoms with E-state index < -0.39 is 5.82 Å². The number of aromatic nitrogens is 3. The maximum atomic E-state index is 13.0. The maximum absolute atomic E-state index is 13.0. The SMILES string of the molecule is Nc1cc(F)ccc1-c1nnc(-c2ccccc2)c(=O)[nH]1. The van der Waals surface area contributed by atoms with Crippen LogP contribution in [0.2, 0.25) is 0 Å². The first kappa shape index (κ1) is 13.0. The first-order chi connectivity index (χ1) is 10.1. The standard InChI is InChI=1S/C15H11FN4O/c16-10-6-7-11(12(17)8-10)14-18-15(21)13(19-20-14)9-4-2-1-3-5-9/h1-8H,17H2,(H,18,20,21). The van der Waals surface area contributed by atoms with Gasteiger partial charge in [0.15, 0.2) is 11.5 Å². The highest BCUT2D eigenvalue weighted by Crippen LogP contribution is 2.22. The van der Waals surface area contributed by atoms with Crippen molar-refractivity contribution in [3.63, 3.8) is 0 Å². The molecule has 3 rings (SSSR count). The number of hydrogen-bond acceptors (Lipinski definition) is 4. The summed E-state index contributed by atoms with van der Waals surface area (Å²) < 4.78 is 13.0. The van der Waals surface area contributed by atoms with Gasteiger partial charge in [-0.05, 0) is 18.2 Å². The Bertz CT molecular complexity index is 846. The maximum Gasteiger partial charge on any atom is 0.278 e. The highest BCUT2D eigenvalue weighted by atomic mass is 19.1. The van der Waals surface area contributed by atoms with E-state index in [9.17, 15) is 9.18 Å². The van der Waals surface area contributed by atoms with Gasteiger partial charge in [-0.15, -0.1) is 10.2 Å². The summed E-state index contributed by atoms with van der Waals surface area (Å²) in [4.78, 5) is 14.7. The van der Waals surface area contributed by atoms with Gasteiger partial charge in [-0.2, -0.15) is 0 Å². The summed E-state index contributed by atoms with van der Waals surface area (Å²) in [6.07, 6.45) is 0. The molecule has 0 saturated heterocycles. The number of anilines is 1. The number of aromatic amines is 1. The molecular formula is C15H11FN4O. The van der Waals surface area contributed by atoms with Crippen LogP contribution in [0.15, 0.2) is 53.3 Å². The number of rotatable bonds is 2. The molecule has 0 unspecified atom stereocenters. The molecule has 0 atom stereocenters. The lowest BCUT2D eigenvalue weighted by Crippen LogP contribution is -2.14. The molecule has 0 amide bonds. The van der Waals surface area contributed by atoms with Gasteiger partial charge in [0, 0.05) is 16.8 Å². The number of nitrogen functional groups attached to an aromatic ring is 1. The van der Waals surface area contributed by atoms with Gasteiger partial charge in [-0.1, -0.05) is 30.3 Å². The van der Waals surface area contributed by atoms with Gasteiger partial charge in [-0.25, -0.2) is 4.39 Å². The summed E-state index contributed by atoms with van der Waals surface area (Å²) in [6.45, 7) is 0. The van der Waals surface area contributed by atoms with Crippen LogP contribution >= 0.6 is 0 Å². The van der Waals surface area contributed by atoms with E-state index in [0.717, 1.165) is 0 Å². The van der Waals surface area contributed by atoms with Crippen molar-refractivity contribution in [1.82, 2.24) is 15.2 Å². The predicted octanol–water partition coefficient (Wildman–Crippen LogP) is 2.22. The second-order valence-electron chi connectivity index (χ2n) is 4.45. The van der Waals surface area contributed by atoms with Gasteiger partial charge in [0.2, 0.25) is 0 Å². The van der Waals surface area contributed by atoms with Crippen molar-refractivity contribution in [1.29, 1.82) is 0 Å². The third-order valence-corrected chi connectivity index (χ3v) is 3.01. The Labute approximate surface area is 119 Å². The fourth-order valence-corrected chi connectivity index (χ4v) is 1.99. The van der Waals surface area contributed by atoms with Gasteiger partial charge >= 0.3 is 0 Å². The summed E-state index contributed by atoms with van der Waals surface area (Å²) >= 11 is 0. The Hall–Kier alpha value is -3.02. The number of nitrogens with two attached hydrogens (primary N) is 1. The summed E-state index contributed by atoms with van der Waals surface area (Å²) in [7, 11) is 0. The quantitative estimate of drug-likeness (QED) is 0.706. The Morgan fingerprint density at radius 3 is 2.48 bits per heavy atom. The monoisotopic (exact) mass is 282 g/mol. The van der Waals surface area contributed by atoms with Crippen molar-refractivity contribution in [2.75, 3.05) is 5.73 Å². The van der Waals surface area contributed by atoms with Gasteiger partial charge in [0.1, 0.15) is 5.82 Å². The van der Waals surface area contributed by atoms with Crippen LogP contribution in [0, 0.1) is 5.82 Å². The van der Waals surface area contributed by atoms with Crippen LogP contribution in [0.3, 0.4) is 0 Å². The molecule has 0 bridgehead atoms. The molecule has 0 saturated carbocycles. The molecule has 0 aliphatic carbocycles. The number of H-pyrrole nitrogens is 1. The lowest BCUT2D eigenvalue weighted by atomic mass is 10.1. The van der Waals surface area contributed by atoms with Crippen LogP contribution in [0.1, 0.15) is 0 Å². The topological polar surface area (TPSA) is 84.7 Å². The normalized spacial score (nSPS) is 10.5. The second kappa shape index (κ2) is 5.16. The molecule has 104 valence electrons. The van der Waals surface area contributed by atoms with Crippen LogP contribution in [0.4, 0.5) is 10.1 Å². The summed E-state index contributed by atoms with van der Waals surface area (Å²) in [5.41, 5.74) is 6.86. The van der Waals surface area contributed by atoms with Crippen LogP contribution in [-0.4, -0.2) is 15.2 Å². The Morgan fingerprint density at radius 2 is 1.81 bits per heavy atom. The number of nitrogens with one attached hydrogen (secondary N) is 1. The fraction of sp³-hybridized carbons (Fsp3) is 0. The van der Waals surface area contributed by atoms with Gasteiger partial charge in [0.25, 0.3) is 5.56 Å². The summed E-state index contributed by atoms with van der Waals surface area (Å²) in [5.74, 6) is -0.246. The minimum atomic E-state index is -0.451. The van der Waals surface area contributed by atoms with E-state index in [1.807, 2.05) is 18.2 Å². The van der Waals surface area contributed by atoms with Crippen molar-refractivity contribution in [2.45, 2.75) is 0 Å². The first-order valence-electron chi connectivity index (χ1n) is 6.23. The van der Waals surface area contributed by atoms with E-state index in [1.54, 1.807) is 12.1 Å². The average Bonchev–Trinajstić information content (AvgIpc) is 2.48. The van der Waals surface area contributed by atoms with Crippen LogP contribution < -0.4 is 11.3 Å². The zero-order valence-corrected chi connectivity index (χ0v) is 10.9. The smallest absolute Gasteiger partial charge is 0.278 e. The minimum absolute atomic E-state index is 0.187. The highest BCUT2D eigenvalue weighted by Gasteiger charge is 2.11. The molecule has 3 N–H and O–H groups in total. The molecule has 5 nitrogen and oxygen atoms in total. The van der Waals surface area contributed by atoms with Crippen molar-refractivity contribution >= 4 is 5.69 Å². The van der Waals surface area contributed by atoms with E-state index in [1.165, 1.54) is 18.2 Å². The molecule has 3 aromatic rings. The second-order valence-corrected chi connectivity index (χ2v) is 4.45. The van der Waals surface area contributed by atoms with Gasteiger partial charge in [0.05, 0.1) is 0 Å². The molecule has 2 aromatic carbocycles. The van der Waals surface area contributed by atoms with Crippen molar-refractivity contribution in [3.05, 3.63) is 64.7 Å². The number of halogens is 1. The summed E-state index contributed by atoms with van der Waals surface area (Å²) in [6, 6.07) is 12.9. The zero-order chi connectivity index (χ0) is 14.8. The Morgan fingerprint density at radius 1 is 1.05 bits per heavy atom. The van der Waals surface area contributed by atoms with Gasteiger partial charge < -0.3 is 10.7 Å².